The smallest absolute Gasteiger partial charge is 0.228 e. The number of nitrogens with one attached hydrogen (secondary N) is 2. The second kappa shape index (κ2) is 7.89. The predicted molar refractivity (Wildman–Crippen MR) is 99.8 cm³/mol. The summed E-state index contributed by atoms with van der Waals surface area (Å²) < 4.78 is 0. The van der Waals surface area contributed by atoms with E-state index in [4.69, 9.17) is 23.2 Å². The zero-order chi connectivity index (χ0) is 17.8. The van der Waals surface area contributed by atoms with Crippen LogP contribution in [0.5, 0.6) is 0 Å². The molecular formula is C19H18Cl2N2O2. The van der Waals surface area contributed by atoms with E-state index in [2.05, 4.69) is 10.6 Å². The normalized spacial score (nSPS) is 18.5. The minimum Gasteiger partial charge on any atom is -0.356 e. The SMILES string of the molecule is O=C(NCCc1ccccc1)C1CC1C(=O)Nc1ccc(Cl)cc1Cl. The second-order valence-electron chi connectivity index (χ2n) is 6.09. The third-order valence-corrected chi connectivity index (χ3v) is 4.76. The van der Waals surface area contributed by atoms with E-state index in [0.717, 1.165) is 6.42 Å². The Bertz CT molecular complexity index is 780. The number of hydrogen-bond acceptors (Lipinski definition) is 2. The maximum absolute atomic E-state index is 12.2. The Morgan fingerprint density at radius 2 is 1.72 bits per heavy atom. The molecule has 2 atom stereocenters. The number of benzene rings is 2. The Morgan fingerprint density at radius 3 is 2.44 bits per heavy atom. The van der Waals surface area contributed by atoms with Crippen LogP contribution in [0.2, 0.25) is 10.0 Å². The van der Waals surface area contributed by atoms with Crippen molar-refractivity contribution in [3.05, 3.63) is 64.1 Å². The van der Waals surface area contributed by atoms with E-state index >= 15 is 0 Å². The first-order valence-electron chi connectivity index (χ1n) is 8.12. The molecule has 6 heteroatoms. The van der Waals surface area contributed by atoms with Crippen LogP contribution in [-0.4, -0.2) is 18.4 Å². The Kier molecular flexibility index (Phi) is 5.61. The minimum atomic E-state index is -0.302. The second-order valence-corrected chi connectivity index (χ2v) is 6.93. The number of carbonyl (C=O) groups is 2. The molecule has 0 saturated heterocycles. The summed E-state index contributed by atoms with van der Waals surface area (Å²) in [6.45, 7) is 0.566. The molecule has 2 aromatic carbocycles. The van der Waals surface area contributed by atoms with Gasteiger partial charge in [0.2, 0.25) is 11.8 Å². The zero-order valence-corrected chi connectivity index (χ0v) is 15.0. The standard InChI is InChI=1S/C19H18Cl2N2O2/c20-13-6-7-17(16(21)10-13)23-19(25)15-11-14(15)18(24)22-9-8-12-4-2-1-3-5-12/h1-7,10,14-15H,8-9,11H2,(H,22,24)(H,23,25). The van der Waals surface area contributed by atoms with E-state index in [9.17, 15) is 9.59 Å². The zero-order valence-electron chi connectivity index (χ0n) is 13.5. The fraction of sp³-hybridized carbons (Fsp3) is 0.263. The molecule has 3 rings (SSSR count). The molecular weight excluding hydrogens is 359 g/mol. The van der Waals surface area contributed by atoms with Gasteiger partial charge in [-0.1, -0.05) is 53.5 Å². The van der Waals surface area contributed by atoms with Gasteiger partial charge in [0.05, 0.1) is 22.5 Å². The average molecular weight is 377 g/mol. The summed E-state index contributed by atoms with van der Waals surface area (Å²) in [5.41, 5.74) is 1.68. The van der Waals surface area contributed by atoms with Gasteiger partial charge >= 0.3 is 0 Å². The number of hydrogen-bond donors (Lipinski definition) is 2. The fourth-order valence-electron chi connectivity index (χ4n) is 2.70. The van der Waals surface area contributed by atoms with Crippen LogP contribution in [0.3, 0.4) is 0 Å². The Balaban J connectivity index is 1.45. The van der Waals surface area contributed by atoms with Crippen molar-refractivity contribution < 1.29 is 9.59 Å². The van der Waals surface area contributed by atoms with E-state index in [0.29, 0.717) is 28.7 Å². The Morgan fingerprint density at radius 1 is 1.00 bits per heavy atom. The predicted octanol–water partition coefficient (Wildman–Crippen LogP) is 3.93. The van der Waals surface area contributed by atoms with E-state index in [1.807, 2.05) is 30.3 Å². The number of halogens is 2. The summed E-state index contributed by atoms with van der Waals surface area (Å²) in [6, 6.07) is 14.8. The summed E-state index contributed by atoms with van der Waals surface area (Å²) in [5.74, 6) is -0.823. The maximum atomic E-state index is 12.2. The molecule has 130 valence electrons. The first-order valence-corrected chi connectivity index (χ1v) is 8.88. The van der Waals surface area contributed by atoms with Crippen molar-refractivity contribution in [2.45, 2.75) is 12.8 Å². The van der Waals surface area contributed by atoms with Gasteiger partial charge in [0.1, 0.15) is 0 Å². The highest BCUT2D eigenvalue weighted by molar-refractivity contribution is 6.36. The molecule has 25 heavy (non-hydrogen) atoms. The summed E-state index contributed by atoms with van der Waals surface area (Å²) in [5, 5.41) is 6.54. The molecule has 1 aliphatic carbocycles. The number of anilines is 1. The largest absolute Gasteiger partial charge is 0.356 e. The highest BCUT2D eigenvalue weighted by Crippen LogP contribution is 2.40. The van der Waals surface area contributed by atoms with Gasteiger partial charge in [-0.2, -0.15) is 0 Å². The van der Waals surface area contributed by atoms with Gasteiger partial charge in [0, 0.05) is 11.6 Å². The van der Waals surface area contributed by atoms with Gasteiger partial charge in [-0.05, 0) is 36.6 Å². The molecule has 0 aliphatic heterocycles. The van der Waals surface area contributed by atoms with Crippen LogP contribution >= 0.6 is 23.2 Å². The van der Waals surface area contributed by atoms with Crippen LogP contribution < -0.4 is 10.6 Å². The molecule has 2 amide bonds. The van der Waals surface area contributed by atoms with Crippen LogP contribution in [0.4, 0.5) is 5.69 Å². The number of amides is 2. The Hall–Kier alpha value is -2.04. The van der Waals surface area contributed by atoms with Crippen LogP contribution in [0.15, 0.2) is 48.5 Å². The van der Waals surface area contributed by atoms with E-state index in [1.165, 1.54) is 5.56 Å². The third kappa shape index (κ3) is 4.74. The number of rotatable bonds is 6. The molecule has 1 saturated carbocycles. The van der Waals surface area contributed by atoms with E-state index in [1.54, 1.807) is 18.2 Å². The van der Waals surface area contributed by atoms with Gasteiger partial charge < -0.3 is 10.6 Å². The molecule has 0 heterocycles. The molecule has 0 aromatic heterocycles. The summed E-state index contributed by atoms with van der Waals surface area (Å²) in [4.78, 5) is 24.4. The lowest BCUT2D eigenvalue weighted by Crippen LogP contribution is -2.29. The Labute approximate surface area is 156 Å². The van der Waals surface area contributed by atoms with Crippen molar-refractivity contribution in [1.82, 2.24) is 5.32 Å². The molecule has 0 radical (unpaired) electrons. The molecule has 0 bridgehead atoms. The van der Waals surface area contributed by atoms with Crippen LogP contribution in [-0.2, 0) is 16.0 Å². The average Bonchev–Trinajstić information content (AvgIpc) is 3.39. The van der Waals surface area contributed by atoms with Crippen molar-refractivity contribution in [3.8, 4) is 0 Å². The van der Waals surface area contributed by atoms with Gasteiger partial charge in [0.25, 0.3) is 0 Å². The van der Waals surface area contributed by atoms with Crippen molar-refractivity contribution >= 4 is 40.7 Å². The molecule has 4 nitrogen and oxygen atoms in total. The van der Waals surface area contributed by atoms with Crippen molar-refractivity contribution in [2.24, 2.45) is 11.8 Å². The lowest BCUT2D eigenvalue weighted by molar-refractivity contribution is -0.125. The van der Waals surface area contributed by atoms with Crippen LogP contribution in [0.1, 0.15) is 12.0 Å². The summed E-state index contributed by atoms with van der Waals surface area (Å²) >= 11 is 11.9. The van der Waals surface area contributed by atoms with Crippen LogP contribution in [0.25, 0.3) is 0 Å². The fourth-order valence-corrected chi connectivity index (χ4v) is 3.15. The highest BCUT2D eigenvalue weighted by Gasteiger charge is 2.47. The molecule has 2 unspecified atom stereocenters. The molecule has 1 aliphatic rings. The molecule has 1 fully saturated rings. The first kappa shape index (κ1) is 17.8. The van der Waals surface area contributed by atoms with Gasteiger partial charge in [0.15, 0.2) is 0 Å². The van der Waals surface area contributed by atoms with Gasteiger partial charge in [-0.15, -0.1) is 0 Å². The van der Waals surface area contributed by atoms with Crippen LogP contribution in [0, 0.1) is 11.8 Å². The van der Waals surface area contributed by atoms with Crippen molar-refractivity contribution in [2.75, 3.05) is 11.9 Å². The van der Waals surface area contributed by atoms with E-state index in [-0.39, 0.29) is 23.7 Å². The molecule has 0 spiro atoms. The van der Waals surface area contributed by atoms with Crippen molar-refractivity contribution in [3.63, 3.8) is 0 Å². The monoisotopic (exact) mass is 376 g/mol. The summed E-state index contributed by atoms with van der Waals surface area (Å²) in [7, 11) is 0. The molecule has 2 aromatic rings. The minimum absolute atomic E-state index is 0.0710. The lowest BCUT2D eigenvalue weighted by Gasteiger charge is -2.08. The van der Waals surface area contributed by atoms with Gasteiger partial charge in [-0.3, -0.25) is 9.59 Å². The van der Waals surface area contributed by atoms with Crippen molar-refractivity contribution in [1.29, 1.82) is 0 Å². The van der Waals surface area contributed by atoms with E-state index < -0.39 is 0 Å². The molecule has 2 N–H and O–H groups in total. The van der Waals surface area contributed by atoms with Gasteiger partial charge in [-0.25, -0.2) is 0 Å². The highest BCUT2D eigenvalue weighted by atomic mass is 35.5. The lowest BCUT2D eigenvalue weighted by atomic mass is 10.1. The maximum Gasteiger partial charge on any atom is 0.228 e. The quantitative estimate of drug-likeness (QED) is 0.802. The summed E-state index contributed by atoms with van der Waals surface area (Å²) in [6.07, 6.45) is 1.34. The number of carbonyl (C=O) groups excluding carboxylic acids is 2. The first-order chi connectivity index (χ1) is 12.0. The third-order valence-electron chi connectivity index (χ3n) is 4.21. The topological polar surface area (TPSA) is 58.2 Å².